The number of ether oxygens (including phenoxy) is 2. The summed E-state index contributed by atoms with van der Waals surface area (Å²) in [6, 6.07) is 2.88. The van der Waals surface area contributed by atoms with Crippen LogP contribution in [0.3, 0.4) is 0 Å². The second-order valence-corrected chi connectivity index (χ2v) is 4.75. The molecule has 2 rings (SSSR count). The first-order valence-corrected chi connectivity index (χ1v) is 6.71. The van der Waals surface area contributed by atoms with Crippen LogP contribution in [0.4, 0.5) is 0 Å². The Bertz CT molecular complexity index is 422. The standard InChI is InChI=1S/C14H22N2O4/c1-19-12-7-10(18)8-13(20-2)14(12)11(9-17)16-5-3-15-4-6-16/h7-8,11,15,17-18H,3-6,9H2,1-2H3/t11-/m0/s1. The van der Waals surface area contributed by atoms with Gasteiger partial charge in [0.1, 0.15) is 17.2 Å². The first kappa shape index (κ1) is 14.9. The predicted octanol–water partition coefficient (Wildman–Crippen LogP) is 0.348. The monoisotopic (exact) mass is 282 g/mol. The lowest BCUT2D eigenvalue weighted by atomic mass is 10.0. The molecule has 1 atom stereocenters. The predicted molar refractivity (Wildman–Crippen MR) is 75.5 cm³/mol. The van der Waals surface area contributed by atoms with E-state index >= 15 is 0 Å². The Labute approximate surface area is 118 Å². The van der Waals surface area contributed by atoms with Crippen molar-refractivity contribution in [2.45, 2.75) is 6.04 Å². The summed E-state index contributed by atoms with van der Waals surface area (Å²) in [4.78, 5) is 2.19. The maximum atomic E-state index is 9.81. The topological polar surface area (TPSA) is 74.2 Å². The molecule has 6 nitrogen and oxygen atoms in total. The van der Waals surface area contributed by atoms with E-state index in [0.29, 0.717) is 11.5 Å². The van der Waals surface area contributed by atoms with Crippen LogP contribution >= 0.6 is 0 Å². The second-order valence-electron chi connectivity index (χ2n) is 4.75. The molecule has 112 valence electrons. The molecule has 0 unspecified atom stereocenters. The Morgan fingerprint density at radius 3 is 2.20 bits per heavy atom. The van der Waals surface area contributed by atoms with E-state index in [9.17, 15) is 10.2 Å². The summed E-state index contributed by atoms with van der Waals surface area (Å²) in [5, 5.41) is 22.8. The van der Waals surface area contributed by atoms with Crippen molar-refractivity contribution in [3.63, 3.8) is 0 Å². The molecular formula is C14H22N2O4. The minimum absolute atomic E-state index is 0.0303. The largest absolute Gasteiger partial charge is 0.508 e. The number of phenolic OH excluding ortho intramolecular Hbond substituents is 1. The number of hydrogen-bond donors (Lipinski definition) is 3. The fourth-order valence-corrected chi connectivity index (χ4v) is 2.64. The van der Waals surface area contributed by atoms with Crippen molar-refractivity contribution in [1.82, 2.24) is 10.2 Å². The molecule has 0 amide bonds. The van der Waals surface area contributed by atoms with Gasteiger partial charge in [-0.3, -0.25) is 4.90 Å². The summed E-state index contributed by atoms with van der Waals surface area (Å²) in [5.74, 6) is 1.14. The SMILES string of the molecule is COc1cc(O)cc(OC)c1[C@H](CO)N1CCNCC1. The molecule has 6 heteroatoms. The lowest BCUT2D eigenvalue weighted by Crippen LogP contribution is -2.46. The highest BCUT2D eigenvalue weighted by atomic mass is 16.5. The molecule has 1 fully saturated rings. The van der Waals surface area contributed by atoms with Crippen LogP contribution in [0.2, 0.25) is 0 Å². The summed E-state index contributed by atoms with van der Waals surface area (Å²) in [7, 11) is 3.09. The maximum absolute atomic E-state index is 9.81. The van der Waals surface area contributed by atoms with E-state index in [2.05, 4.69) is 10.2 Å². The minimum Gasteiger partial charge on any atom is -0.508 e. The van der Waals surface area contributed by atoms with Gasteiger partial charge in [-0.2, -0.15) is 0 Å². The third kappa shape index (κ3) is 2.98. The van der Waals surface area contributed by atoms with Gasteiger partial charge in [-0.15, -0.1) is 0 Å². The molecule has 0 saturated carbocycles. The first-order chi connectivity index (χ1) is 9.71. The second kappa shape index (κ2) is 6.78. The van der Waals surface area contributed by atoms with Crippen molar-refractivity contribution < 1.29 is 19.7 Å². The highest BCUT2D eigenvalue weighted by Crippen LogP contribution is 2.40. The normalized spacial score (nSPS) is 17.8. The van der Waals surface area contributed by atoms with Crippen LogP contribution in [0.1, 0.15) is 11.6 Å². The number of aliphatic hydroxyl groups excluding tert-OH is 1. The molecule has 3 N–H and O–H groups in total. The number of aliphatic hydroxyl groups is 1. The lowest BCUT2D eigenvalue weighted by Gasteiger charge is -2.35. The number of phenols is 1. The van der Waals surface area contributed by atoms with Gasteiger partial charge in [-0.05, 0) is 0 Å². The van der Waals surface area contributed by atoms with Gasteiger partial charge in [0.25, 0.3) is 0 Å². The van der Waals surface area contributed by atoms with E-state index < -0.39 is 0 Å². The highest BCUT2D eigenvalue weighted by molar-refractivity contribution is 5.52. The van der Waals surface area contributed by atoms with Crippen LogP contribution < -0.4 is 14.8 Å². The Morgan fingerprint density at radius 2 is 1.75 bits per heavy atom. The van der Waals surface area contributed by atoms with Gasteiger partial charge in [-0.25, -0.2) is 0 Å². The van der Waals surface area contributed by atoms with Crippen molar-refractivity contribution >= 4 is 0 Å². The van der Waals surface area contributed by atoms with E-state index in [1.54, 1.807) is 26.4 Å². The van der Waals surface area contributed by atoms with E-state index in [4.69, 9.17) is 9.47 Å². The summed E-state index contributed by atoms with van der Waals surface area (Å²) in [6.07, 6.45) is 0. The van der Waals surface area contributed by atoms with Crippen molar-refractivity contribution in [3.8, 4) is 17.2 Å². The average Bonchev–Trinajstić information content (AvgIpc) is 2.49. The Morgan fingerprint density at radius 1 is 1.20 bits per heavy atom. The first-order valence-electron chi connectivity index (χ1n) is 6.71. The van der Waals surface area contributed by atoms with Gasteiger partial charge in [0.2, 0.25) is 0 Å². The number of nitrogens with one attached hydrogen (secondary N) is 1. The number of methoxy groups -OCH3 is 2. The van der Waals surface area contributed by atoms with E-state index in [1.165, 1.54) is 0 Å². The molecule has 0 aromatic heterocycles. The Balaban J connectivity index is 2.41. The summed E-state index contributed by atoms with van der Waals surface area (Å²) < 4.78 is 10.7. The maximum Gasteiger partial charge on any atom is 0.131 e. The van der Waals surface area contributed by atoms with E-state index in [1.807, 2.05) is 0 Å². The molecule has 0 bridgehead atoms. The van der Waals surface area contributed by atoms with Crippen LogP contribution in [0.15, 0.2) is 12.1 Å². The smallest absolute Gasteiger partial charge is 0.131 e. The molecule has 1 saturated heterocycles. The van der Waals surface area contributed by atoms with Crippen molar-refractivity contribution in [1.29, 1.82) is 0 Å². The van der Waals surface area contributed by atoms with E-state index in [-0.39, 0.29) is 18.4 Å². The number of nitrogens with zero attached hydrogens (tertiary/aromatic N) is 1. The van der Waals surface area contributed by atoms with Gasteiger partial charge in [0.05, 0.1) is 32.4 Å². The lowest BCUT2D eigenvalue weighted by molar-refractivity contribution is 0.106. The summed E-state index contributed by atoms with van der Waals surface area (Å²) in [6.45, 7) is 3.44. The number of rotatable bonds is 5. The van der Waals surface area contributed by atoms with Crippen LogP contribution in [-0.4, -0.2) is 62.1 Å². The van der Waals surface area contributed by atoms with Gasteiger partial charge < -0.3 is 25.0 Å². The summed E-state index contributed by atoms with van der Waals surface area (Å²) in [5.41, 5.74) is 0.775. The van der Waals surface area contributed by atoms with Gasteiger partial charge in [0, 0.05) is 38.3 Å². The van der Waals surface area contributed by atoms with Crippen molar-refractivity contribution in [2.24, 2.45) is 0 Å². The molecule has 20 heavy (non-hydrogen) atoms. The number of piperazine rings is 1. The number of aromatic hydroxyl groups is 1. The zero-order chi connectivity index (χ0) is 14.5. The molecule has 0 radical (unpaired) electrons. The molecule has 0 spiro atoms. The fraction of sp³-hybridized carbons (Fsp3) is 0.571. The zero-order valence-electron chi connectivity index (χ0n) is 11.9. The van der Waals surface area contributed by atoms with Crippen LogP contribution in [0.5, 0.6) is 17.2 Å². The average molecular weight is 282 g/mol. The van der Waals surface area contributed by atoms with Crippen molar-refractivity contribution in [3.05, 3.63) is 17.7 Å². The highest BCUT2D eigenvalue weighted by Gasteiger charge is 2.28. The quantitative estimate of drug-likeness (QED) is 0.723. The van der Waals surface area contributed by atoms with Crippen LogP contribution in [-0.2, 0) is 0 Å². The van der Waals surface area contributed by atoms with E-state index in [0.717, 1.165) is 31.7 Å². The number of benzene rings is 1. The molecule has 0 aliphatic carbocycles. The van der Waals surface area contributed by atoms with Gasteiger partial charge in [0.15, 0.2) is 0 Å². The van der Waals surface area contributed by atoms with Gasteiger partial charge in [-0.1, -0.05) is 0 Å². The third-order valence-corrected chi connectivity index (χ3v) is 3.63. The third-order valence-electron chi connectivity index (χ3n) is 3.63. The molecule has 1 heterocycles. The molecule has 1 aromatic carbocycles. The van der Waals surface area contributed by atoms with Crippen LogP contribution in [0.25, 0.3) is 0 Å². The van der Waals surface area contributed by atoms with Gasteiger partial charge >= 0.3 is 0 Å². The Kier molecular flexibility index (Phi) is 5.05. The summed E-state index contributed by atoms with van der Waals surface area (Å²) >= 11 is 0. The fourth-order valence-electron chi connectivity index (χ4n) is 2.64. The Hall–Kier alpha value is -1.50. The molecule has 1 aliphatic rings. The number of hydrogen-bond acceptors (Lipinski definition) is 6. The zero-order valence-corrected chi connectivity index (χ0v) is 11.9. The minimum atomic E-state index is -0.206. The van der Waals surface area contributed by atoms with Crippen molar-refractivity contribution in [2.75, 3.05) is 47.0 Å². The molecule has 1 aliphatic heterocycles. The van der Waals surface area contributed by atoms with Crippen LogP contribution in [0, 0.1) is 0 Å². The molecular weight excluding hydrogens is 260 g/mol. The molecule has 1 aromatic rings.